The number of carbonyl (C=O) groups is 1. The first kappa shape index (κ1) is 15.1. The molecule has 0 unspecified atom stereocenters. The highest BCUT2D eigenvalue weighted by molar-refractivity contribution is 5.81. The zero-order valence-corrected chi connectivity index (χ0v) is 11.5. The Morgan fingerprint density at radius 3 is 2.38 bits per heavy atom. The second-order valence-corrected chi connectivity index (χ2v) is 4.80. The first-order chi connectivity index (χ1) is 9.99. The van der Waals surface area contributed by atoms with Crippen LogP contribution in [0.3, 0.4) is 0 Å². The predicted octanol–water partition coefficient (Wildman–Crippen LogP) is 2.84. The number of benzene rings is 2. The first-order valence-electron chi connectivity index (χ1n) is 6.54. The van der Waals surface area contributed by atoms with Crippen molar-refractivity contribution in [3.63, 3.8) is 0 Å². The Labute approximate surface area is 121 Å². The fraction of sp³-hybridized carbons (Fsp3) is 0.188. The van der Waals surface area contributed by atoms with Gasteiger partial charge in [-0.3, -0.25) is 10.1 Å². The van der Waals surface area contributed by atoms with E-state index in [0.717, 1.165) is 6.07 Å². The van der Waals surface area contributed by atoms with Crippen molar-refractivity contribution in [1.82, 2.24) is 5.32 Å². The molecule has 0 spiro atoms. The summed E-state index contributed by atoms with van der Waals surface area (Å²) in [4.78, 5) is 11.6. The van der Waals surface area contributed by atoms with Crippen molar-refractivity contribution in [2.45, 2.75) is 19.0 Å². The van der Waals surface area contributed by atoms with Gasteiger partial charge >= 0.3 is 0 Å². The maximum absolute atomic E-state index is 13.8. The van der Waals surface area contributed by atoms with Crippen LogP contribution in [0.1, 0.15) is 30.1 Å². The molecule has 2 atom stereocenters. The third kappa shape index (κ3) is 3.64. The molecule has 2 aromatic rings. The minimum atomic E-state index is -0.745. The number of hydrogen-bond acceptors (Lipinski definition) is 2. The molecule has 5 heteroatoms. The SMILES string of the molecule is C[C@H](N[C@@H](C(N)=O)c1ccccc1)c1ccc(F)cc1F. The Morgan fingerprint density at radius 2 is 1.81 bits per heavy atom. The molecular weight excluding hydrogens is 274 g/mol. The molecule has 0 fully saturated rings. The van der Waals surface area contributed by atoms with Crippen LogP contribution in [0.4, 0.5) is 8.78 Å². The molecule has 2 aromatic carbocycles. The smallest absolute Gasteiger partial charge is 0.239 e. The van der Waals surface area contributed by atoms with Gasteiger partial charge in [0.2, 0.25) is 5.91 Å². The van der Waals surface area contributed by atoms with Gasteiger partial charge in [0.05, 0.1) is 0 Å². The summed E-state index contributed by atoms with van der Waals surface area (Å²) in [5.41, 5.74) is 6.37. The Kier molecular flexibility index (Phi) is 4.65. The van der Waals surface area contributed by atoms with E-state index < -0.39 is 29.6 Å². The van der Waals surface area contributed by atoms with E-state index in [2.05, 4.69) is 5.32 Å². The highest BCUT2D eigenvalue weighted by atomic mass is 19.1. The van der Waals surface area contributed by atoms with Crippen LogP contribution < -0.4 is 11.1 Å². The van der Waals surface area contributed by atoms with Crippen molar-refractivity contribution in [2.24, 2.45) is 5.73 Å². The Balaban J connectivity index is 2.23. The average Bonchev–Trinajstić information content (AvgIpc) is 2.45. The summed E-state index contributed by atoms with van der Waals surface area (Å²) in [7, 11) is 0. The summed E-state index contributed by atoms with van der Waals surface area (Å²) >= 11 is 0. The highest BCUT2D eigenvalue weighted by Gasteiger charge is 2.21. The maximum atomic E-state index is 13.8. The quantitative estimate of drug-likeness (QED) is 0.889. The zero-order chi connectivity index (χ0) is 15.4. The predicted molar refractivity (Wildman–Crippen MR) is 76.3 cm³/mol. The van der Waals surface area contributed by atoms with Crippen LogP contribution in [0.5, 0.6) is 0 Å². The Bertz CT molecular complexity index is 631. The lowest BCUT2D eigenvalue weighted by Crippen LogP contribution is -2.35. The molecule has 0 aliphatic carbocycles. The van der Waals surface area contributed by atoms with Gasteiger partial charge < -0.3 is 5.73 Å². The van der Waals surface area contributed by atoms with Crippen molar-refractivity contribution < 1.29 is 13.6 Å². The van der Waals surface area contributed by atoms with E-state index >= 15 is 0 Å². The lowest BCUT2D eigenvalue weighted by Gasteiger charge is -2.22. The second kappa shape index (κ2) is 6.45. The van der Waals surface area contributed by atoms with Crippen LogP contribution in [0.15, 0.2) is 48.5 Å². The molecule has 0 aliphatic rings. The number of amides is 1. The number of primary amides is 1. The van der Waals surface area contributed by atoms with Gasteiger partial charge in [0.15, 0.2) is 0 Å². The molecule has 1 amide bonds. The zero-order valence-electron chi connectivity index (χ0n) is 11.5. The van der Waals surface area contributed by atoms with E-state index in [1.165, 1.54) is 12.1 Å². The summed E-state index contributed by atoms with van der Waals surface area (Å²) in [6, 6.07) is 11.0. The monoisotopic (exact) mass is 290 g/mol. The van der Waals surface area contributed by atoms with Gasteiger partial charge in [0.1, 0.15) is 17.7 Å². The first-order valence-corrected chi connectivity index (χ1v) is 6.54. The summed E-state index contributed by atoms with van der Waals surface area (Å²) in [6.45, 7) is 1.69. The molecular formula is C16H16F2N2O. The van der Waals surface area contributed by atoms with E-state index in [4.69, 9.17) is 5.73 Å². The van der Waals surface area contributed by atoms with Crippen LogP contribution in [0.25, 0.3) is 0 Å². The molecule has 0 aliphatic heterocycles. The van der Waals surface area contributed by atoms with Crippen LogP contribution >= 0.6 is 0 Å². The van der Waals surface area contributed by atoms with Gasteiger partial charge in [-0.2, -0.15) is 0 Å². The van der Waals surface area contributed by atoms with E-state index in [1.54, 1.807) is 31.2 Å². The number of nitrogens with one attached hydrogen (secondary N) is 1. The molecule has 0 radical (unpaired) electrons. The van der Waals surface area contributed by atoms with Crippen LogP contribution in [-0.4, -0.2) is 5.91 Å². The largest absolute Gasteiger partial charge is 0.368 e. The molecule has 0 saturated carbocycles. The Hall–Kier alpha value is -2.27. The number of halogens is 2. The fourth-order valence-corrected chi connectivity index (χ4v) is 2.18. The minimum Gasteiger partial charge on any atom is -0.368 e. The Morgan fingerprint density at radius 1 is 1.14 bits per heavy atom. The molecule has 0 saturated heterocycles. The lowest BCUT2D eigenvalue weighted by molar-refractivity contribution is -0.120. The van der Waals surface area contributed by atoms with Crippen molar-refractivity contribution in [3.05, 3.63) is 71.3 Å². The maximum Gasteiger partial charge on any atom is 0.239 e. The summed E-state index contributed by atoms with van der Waals surface area (Å²) in [5.74, 6) is -1.86. The topological polar surface area (TPSA) is 55.1 Å². The highest BCUT2D eigenvalue weighted by Crippen LogP contribution is 2.22. The third-order valence-electron chi connectivity index (χ3n) is 3.26. The summed E-state index contributed by atoms with van der Waals surface area (Å²) in [5, 5.41) is 2.97. The lowest BCUT2D eigenvalue weighted by atomic mass is 10.0. The molecule has 21 heavy (non-hydrogen) atoms. The van der Waals surface area contributed by atoms with E-state index in [0.29, 0.717) is 5.56 Å². The summed E-state index contributed by atoms with van der Waals surface area (Å²) in [6.07, 6.45) is 0. The van der Waals surface area contributed by atoms with Gasteiger partial charge in [-0.15, -0.1) is 0 Å². The van der Waals surface area contributed by atoms with Gasteiger partial charge in [0, 0.05) is 17.7 Å². The molecule has 0 heterocycles. The molecule has 0 bridgehead atoms. The average molecular weight is 290 g/mol. The van der Waals surface area contributed by atoms with Gasteiger partial charge in [0.25, 0.3) is 0 Å². The molecule has 110 valence electrons. The van der Waals surface area contributed by atoms with E-state index in [-0.39, 0.29) is 5.56 Å². The van der Waals surface area contributed by atoms with E-state index in [1.807, 2.05) is 6.07 Å². The minimum absolute atomic E-state index is 0.276. The van der Waals surface area contributed by atoms with Crippen molar-refractivity contribution in [2.75, 3.05) is 0 Å². The number of hydrogen-bond donors (Lipinski definition) is 2. The van der Waals surface area contributed by atoms with Crippen LogP contribution in [0, 0.1) is 11.6 Å². The molecule has 0 aromatic heterocycles. The van der Waals surface area contributed by atoms with E-state index in [9.17, 15) is 13.6 Å². The molecule has 3 N–H and O–H groups in total. The number of nitrogens with two attached hydrogens (primary N) is 1. The second-order valence-electron chi connectivity index (χ2n) is 4.80. The van der Waals surface area contributed by atoms with Gasteiger partial charge in [-0.1, -0.05) is 36.4 Å². The normalized spacial score (nSPS) is 13.7. The van der Waals surface area contributed by atoms with Crippen molar-refractivity contribution in [1.29, 1.82) is 0 Å². The van der Waals surface area contributed by atoms with Crippen molar-refractivity contribution in [3.8, 4) is 0 Å². The molecule has 2 rings (SSSR count). The van der Waals surface area contributed by atoms with Gasteiger partial charge in [-0.25, -0.2) is 8.78 Å². The summed E-state index contributed by atoms with van der Waals surface area (Å²) < 4.78 is 26.7. The number of rotatable bonds is 5. The number of carbonyl (C=O) groups excluding carboxylic acids is 1. The van der Waals surface area contributed by atoms with Crippen molar-refractivity contribution >= 4 is 5.91 Å². The third-order valence-corrected chi connectivity index (χ3v) is 3.26. The van der Waals surface area contributed by atoms with Crippen LogP contribution in [-0.2, 0) is 4.79 Å². The fourth-order valence-electron chi connectivity index (χ4n) is 2.18. The molecule has 3 nitrogen and oxygen atoms in total. The van der Waals surface area contributed by atoms with Crippen LogP contribution in [0.2, 0.25) is 0 Å². The van der Waals surface area contributed by atoms with Gasteiger partial charge in [-0.05, 0) is 18.6 Å². The standard InChI is InChI=1S/C16H16F2N2O/c1-10(13-8-7-12(17)9-14(13)18)20-15(16(19)21)11-5-3-2-4-6-11/h2-10,15,20H,1H3,(H2,19,21)/t10-,15+/m0/s1.